The molecule has 0 bridgehead atoms. The van der Waals surface area contributed by atoms with E-state index < -0.39 is 0 Å². The van der Waals surface area contributed by atoms with Crippen molar-refractivity contribution in [3.8, 4) is 22.5 Å². The Bertz CT molecular complexity index is 1620. The molecule has 35 heavy (non-hydrogen) atoms. The zero-order valence-corrected chi connectivity index (χ0v) is 20.1. The maximum Gasteiger partial charge on any atom is 0.332 e. The van der Waals surface area contributed by atoms with Crippen molar-refractivity contribution in [1.29, 1.82) is 0 Å². The van der Waals surface area contributed by atoms with Crippen molar-refractivity contribution in [1.82, 2.24) is 39.3 Å². The number of hydrogen-bond acceptors (Lipinski definition) is 6. The second kappa shape index (κ2) is 8.79. The van der Waals surface area contributed by atoms with Crippen LogP contribution in [0.15, 0.2) is 58.1 Å². The van der Waals surface area contributed by atoms with E-state index in [4.69, 9.17) is 0 Å². The number of fused-ring (bicyclic) bond motifs is 1. The fraction of sp³-hybridized carbons (Fsp3) is 0.280. The molecule has 2 aromatic carbocycles. The Balaban J connectivity index is 1.54. The number of H-pyrrole nitrogens is 1. The van der Waals surface area contributed by atoms with Gasteiger partial charge in [-0.2, -0.15) is 5.21 Å². The minimum absolute atomic E-state index is 0.165. The molecule has 3 heterocycles. The average Bonchev–Trinajstić information content (AvgIpc) is 3.50. The van der Waals surface area contributed by atoms with E-state index in [0.717, 1.165) is 22.3 Å². The van der Waals surface area contributed by atoms with Gasteiger partial charge >= 0.3 is 5.69 Å². The van der Waals surface area contributed by atoms with E-state index in [0.29, 0.717) is 35.9 Å². The summed E-state index contributed by atoms with van der Waals surface area (Å²) in [5, 5.41) is 14.4. The second-order valence-electron chi connectivity index (χ2n) is 9.05. The molecule has 0 aliphatic carbocycles. The van der Waals surface area contributed by atoms with Crippen LogP contribution in [0, 0.1) is 12.8 Å². The van der Waals surface area contributed by atoms with Gasteiger partial charge in [-0.05, 0) is 34.7 Å². The Kier molecular flexibility index (Phi) is 5.64. The number of aromatic amines is 1. The standard InChI is InChI=1S/C25H26N8O2/c1-15(2)13-33-24(34)21-23(31(4)25(33)35)26-16(3)32(21)14-17-9-11-18(12-10-17)19-7-5-6-8-20(19)22-27-29-30-28-22/h5-12,15H,13-14H2,1-4H3,(H,27,28,29,30). The Hall–Kier alpha value is -4.34. The first-order valence-electron chi connectivity index (χ1n) is 11.4. The summed E-state index contributed by atoms with van der Waals surface area (Å²) in [4.78, 5) is 30.6. The molecular formula is C25H26N8O2. The van der Waals surface area contributed by atoms with Gasteiger partial charge in [-0.1, -0.05) is 62.4 Å². The lowest BCUT2D eigenvalue weighted by molar-refractivity contribution is 0.484. The van der Waals surface area contributed by atoms with Gasteiger partial charge in [-0.3, -0.25) is 13.9 Å². The van der Waals surface area contributed by atoms with Crippen molar-refractivity contribution in [2.24, 2.45) is 13.0 Å². The van der Waals surface area contributed by atoms with E-state index in [1.165, 1.54) is 9.13 Å². The summed E-state index contributed by atoms with van der Waals surface area (Å²) in [6, 6.07) is 16.0. The van der Waals surface area contributed by atoms with Gasteiger partial charge in [-0.15, -0.1) is 10.2 Å². The van der Waals surface area contributed by atoms with Crippen LogP contribution in [0.4, 0.5) is 0 Å². The summed E-state index contributed by atoms with van der Waals surface area (Å²) in [6.45, 7) is 6.64. The number of benzene rings is 2. The number of hydrogen-bond donors (Lipinski definition) is 1. The van der Waals surface area contributed by atoms with Crippen LogP contribution < -0.4 is 11.2 Å². The van der Waals surface area contributed by atoms with E-state index in [-0.39, 0.29) is 17.2 Å². The molecule has 5 rings (SSSR count). The van der Waals surface area contributed by atoms with Crippen molar-refractivity contribution in [2.45, 2.75) is 33.9 Å². The zero-order valence-electron chi connectivity index (χ0n) is 20.1. The lowest BCUT2D eigenvalue weighted by atomic mass is 9.98. The number of imidazole rings is 1. The topological polar surface area (TPSA) is 116 Å². The van der Waals surface area contributed by atoms with Gasteiger partial charge in [-0.25, -0.2) is 9.78 Å². The monoisotopic (exact) mass is 470 g/mol. The summed E-state index contributed by atoms with van der Waals surface area (Å²) in [5.41, 5.74) is 4.11. The molecule has 0 radical (unpaired) electrons. The zero-order chi connectivity index (χ0) is 24.7. The fourth-order valence-electron chi connectivity index (χ4n) is 4.38. The van der Waals surface area contributed by atoms with Crippen LogP contribution in [0.5, 0.6) is 0 Å². The van der Waals surface area contributed by atoms with E-state index in [2.05, 4.69) is 25.6 Å². The van der Waals surface area contributed by atoms with Crippen molar-refractivity contribution in [3.63, 3.8) is 0 Å². The van der Waals surface area contributed by atoms with Gasteiger partial charge in [0.15, 0.2) is 11.2 Å². The van der Waals surface area contributed by atoms with E-state index in [9.17, 15) is 9.59 Å². The summed E-state index contributed by atoms with van der Waals surface area (Å²) < 4.78 is 4.65. The van der Waals surface area contributed by atoms with E-state index in [1.807, 2.05) is 73.9 Å². The van der Waals surface area contributed by atoms with Crippen LogP contribution in [0.1, 0.15) is 25.2 Å². The molecular weight excluding hydrogens is 444 g/mol. The molecule has 10 heteroatoms. The number of nitrogens with zero attached hydrogens (tertiary/aromatic N) is 7. The highest BCUT2D eigenvalue weighted by Gasteiger charge is 2.19. The third-order valence-electron chi connectivity index (χ3n) is 6.09. The molecule has 0 spiro atoms. The highest BCUT2D eigenvalue weighted by molar-refractivity contribution is 5.80. The third-order valence-corrected chi connectivity index (χ3v) is 6.09. The Labute approximate surface area is 200 Å². The molecule has 1 N–H and O–H groups in total. The fourth-order valence-corrected chi connectivity index (χ4v) is 4.38. The Morgan fingerprint density at radius 1 is 0.971 bits per heavy atom. The molecule has 0 fully saturated rings. The summed E-state index contributed by atoms with van der Waals surface area (Å²) in [7, 11) is 1.66. The third kappa shape index (κ3) is 3.96. The summed E-state index contributed by atoms with van der Waals surface area (Å²) in [6.07, 6.45) is 0. The lowest BCUT2D eigenvalue weighted by Gasteiger charge is -2.12. The number of tetrazole rings is 1. The van der Waals surface area contributed by atoms with Gasteiger partial charge < -0.3 is 4.57 Å². The Morgan fingerprint density at radius 3 is 2.34 bits per heavy atom. The maximum atomic E-state index is 13.3. The molecule has 0 aliphatic rings. The van der Waals surface area contributed by atoms with Crippen LogP contribution in [-0.4, -0.2) is 39.3 Å². The van der Waals surface area contributed by atoms with Crippen molar-refractivity contribution < 1.29 is 0 Å². The molecule has 178 valence electrons. The number of aromatic nitrogens is 8. The smallest absolute Gasteiger partial charge is 0.318 e. The minimum atomic E-state index is -0.342. The summed E-state index contributed by atoms with van der Waals surface area (Å²) >= 11 is 0. The van der Waals surface area contributed by atoms with Gasteiger partial charge in [0.1, 0.15) is 5.82 Å². The van der Waals surface area contributed by atoms with Gasteiger partial charge in [0.05, 0.1) is 0 Å². The van der Waals surface area contributed by atoms with Crippen LogP contribution >= 0.6 is 0 Å². The SMILES string of the molecule is Cc1nc2c(c(=O)n(CC(C)C)c(=O)n2C)n1Cc1ccc(-c2ccccc2-c2nn[nH]n2)cc1. The quantitative estimate of drug-likeness (QED) is 0.408. The first kappa shape index (κ1) is 22.5. The van der Waals surface area contributed by atoms with Gasteiger partial charge in [0.2, 0.25) is 5.82 Å². The average molecular weight is 471 g/mol. The van der Waals surface area contributed by atoms with Gasteiger partial charge in [0.25, 0.3) is 5.56 Å². The molecule has 0 saturated heterocycles. The maximum absolute atomic E-state index is 13.3. The van der Waals surface area contributed by atoms with Crippen molar-refractivity contribution in [2.75, 3.05) is 0 Å². The first-order valence-corrected chi connectivity index (χ1v) is 11.4. The predicted molar refractivity (Wildman–Crippen MR) is 133 cm³/mol. The molecule has 0 amide bonds. The van der Waals surface area contributed by atoms with Crippen LogP contribution in [-0.2, 0) is 20.1 Å². The normalized spacial score (nSPS) is 11.6. The molecule has 0 saturated carbocycles. The minimum Gasteiger partial charge on any atom is -0.318 e. The predicted octanol–water partition coefficient (Wildman–Crippen LogP) is 2.76. The van der Waals surface area contributed by atoms with Crippen molar-refractivity contribution in [3.05, 3.63) is 80.8 Å². The van der Waals surface area contributed by atoms with E-state index >= 15 is 0 Å². The molecule has 5 aromatic rings. The second-order valence-corrected chi connectivity index (χ2v) is 9.05. The molecule has 0 atom stereocenters. The number of rotatable bonds is 6. The molecule has 3 aromatic heterocycles. The molecule has 10 nitrogen and oxygen atoms in total. The largest absolute Gasteiger partial charge is 0.332 e. The number of aryl methyl sites for hydroxylation is 2. The molecule has 0 unspecified atom stereocenters. The summed E-state index contributed by atoms with van der Waals surface area (Å²) in [5.74, 6) is 1.38. The lowest BCUT2D eigenvalue weighted by Crippen LogP contribution is -2.40. The molecule has 0 aliphatic heterocycles. The number of nitrogens with one attached hydrogen (secondary N) is 1. The Morgan fingerprint density at radius 2 is 1.69 bits per heavy atom. The highest BCUT2D eigenvalue weighted by atomic mass is 16.2. The van der Waals surface area contributed by atoms with Crippen LogP contribution in [0.3, 0.4) is 0 Å². The van der Waals surface area contributed by atoms with Gasteiger partial charge in [0, 0.05) is 25.7 Å². The van der Waals surface area contributed by atoms with Crippen LogP contribution in [0.2, 0.25) is 0 Å². The van der Waals surface area contributed by atoms with Crippen LogP contribution in [0.25, 0.3) is 33.7 Å². The highest BCUT2D eigenvalue weighted by Crippen LogP contribution is 2.30. The van der Waals surface area contributed by atoms with Crippen molar-refractivity contribution >= 4 is 11.2 Å². The van der Waals surface area contributed by atoms with E-state index in [1.54, 1.807) is 7.05 Å². The first-order chi connectivity index (χ1) is 16.8.